The lowest BCUT2D eigenvalue weighted by atomic mass is 9.48. The fraction of sp³-hybridized carbons (Fsp3) is 0.577. The van der Waals surface area contributed by atoms with Gasteiger partial charge in [0.25, 0.3) is 0 Å². The Morgan fingerprint density at radius 3 is 2.70 bits per heavy atom. The van der Waals surface area contributed by atoms with Gasteiger partial charge in [-0.15, -0.1) is 0 Å². The summed E-state index contributed by atoms with van der Waals surface area (Å²) in [7, 11) is 1.96. The van der Waals surface area contributed by atoms with E-state index in [-0.39, 0.29) is 16.7 Å². The lowest BCUT2D eigenvalue weighted by Crippen LogP contribution is -2.59. The van der Waals surface area contributed by atoms with Crippen molar-refractivity contribution in [3.8, 4) is 0 Å². The topological polar surface area (TPSA) is 40.5 Å². The Bertz CT molecular complexity index is 939. The molecule has 5 rings (SSSR count). The minimum atomic E-state index is -0.406. The lowest BCUT2D eigenvalue weighted by Gasteiger charge is -2.59. The van der Waals surface area contributed by atoms with E-state index in [9.17, 15) is 9.90 Å². The Morgan fingerprint density at radius 1 is 1.17 bits per heavy atom. The normalized spacial score (nSPS) is 44.0. The second-order valence-corrected chi connectivity index (χ2v) is 10.9. The SMILES string of the molecule is CN1C(=O)C=C[C@]2(C)[C@H]3CC[C@]4(C)[C@@H](O)/C(=C\c5ccccc5Cl)C[C@H]4[C@@H]3CC[C@@H]12. The highest BCUT2D eigenvalue weighted by molar-refractivity contribution is 6.32. The van der Waals surface area contributed by atoms with E-state index in [1.54, 1.807) is 6.08 Å². The van der Waals surface area contributed by atoms with E-state index in [1.165, 1.54) is 0 Å². The summed E-state index contributed by atoms with van der Waals surface area (Å²) < 4.78 is 0. The van der Waals surface area contributed by atoms with Crippen molar-refractivity contribution in [3.63, 3.8) is 0 Å². The van der Waals surface area contributed by atoms with E-state index in [1.807, 2.05) is 36.2 Å². The Morgan fingerprint density at radius 2 is 1.93 bits per heavy atom. The summed E-state index contributed by atoms with van der Waals surface area (Å²) in [5.41, 5.74) is 2.10. The van der Waals surface area contributed by atoms with E-state index in [0.717, 1.165) is 48.3 Å². The second kappa shape index (κ2) is 6.97. The van der Waals surface area contributed by atoms with Crippen molar-refractivity contribution in [1.29, 1.82) is 0 Å². The number of carbonyl (C=O) groups excluding carboxylic acids is 1. The minimum absolute atomic E-state index is 0.0348. The molecule has 0 unspecified atom stereocenters. The molecule has 1 N–H and O–H groups in total. The molecular formula is C26H32ClNO2. The molecule has 1 aromatic rings. The molecule has 0 saturated heterocycles. The predicted octanol–water partition coefficient (Wildman–Crippen LogP) is 5.33. The van der Waals surface area contributed by atoms with Gasteiger partial charge in [-0.25, -0.2) is 0 Å². The number of aliphatic hydroxyl groups excluding tert-OH is 1. The van der Waals surface area contributed by atoms with Gasteiger partial charge < -0.3 is 10.0 Å². The molecule has 3 saturated carbocycles. The van der Waals surface area contributed by atoms with E-state index in [2.05, 4.69) is 26.0 Å². The first kappa shape index (κ1) is 20.3. The van der Waals surface area contributed by atoms with Crippen LogP contribution >= 0.6 is 11.6 Å². The van der Waals surface area contributed by atoms with Crippen LogP contribution in [0.2, 0.25) is 5.02 Å². The Labute approximate surface area is 184 Å². The van der Waals surface area contributed by atoms with Gasteiger partial charge in [-0.05, 0) is 73.1 Å². The predicted molar refractivity (Wildman–Crippen MR) is 121 cm³/mol. The van der Waals surface area contributed by atoms with E-state index in [4.69, 9.17) is 11.6 Å². The van der Waals surface area contributed by atoms with Gasteiger partial charge in [-0.1, -0.05) is 55.8 Å². The zero-order valence-corrected chi connectivity index (χ0v) is 18.9. The number of halogens is 1. The van der Waals surface area contributed by atoms with Crippen molar-refractivity contribution < 1.29 is 9.90 Å². The minimum Gasteiger partial charge on any atom is -0.388 e. The molecule has 30 heavy (non-hydrogen) atoms. The van der Waals surface area contributed by atoms with Crippen LogP contribution in [0.3, 0.4) is 0 Å². The summed E-state index contributed by atoms with van der Waals surface area (Å²) in [6, 6.07) is 8.18. The Balaban J connectivity index is 1.49. The first-order valence-electron chi connectivity index (χ1n) is 11.3. The molecule has 0 bridgehead atoms. The number of aliphatic hydroxyl groups is 1. The third-order valence-corrected chi connectivity index (χ3v) is 9.59. The van der Waals surface area contributed by atoms with Gasteiger partial charge in [0.1, 0.15) is 0 Å². The fourth-order valence-corrected chi connectivity index (χ4v) is 7.72. The number of hydrogen-bond acceptors (Lipinski definition) is 2. The number of amides is 1. The first-order valence-corrected chi connectivity index (χ1v) is 11.7. The van der Waals surface area contributed by atoms with Crippen molar-refractivity contribution >= 4 is 23.6 Å². The average Bonchev–Trinajstić information content (AvgIpc) is 2.98. The van der Waals surface area contributed by atoms with Crippen LogP contribution in [-0.4, -0.2) is 35.1 Å². The molecule has 3 aliphatic carbocycles. The number of fused-ring (bicyclic) bond motifs is 5. The molecule has 1 heterocycles. The average molecular weight is 426 g/mol. The molecule has 1 aliphatic heterocycles. The zero-order valence-electron chi connectivity index (χ0n) is 18.1. The number of rotatable bonds is 1. The molecule has 4 heteroatoms. The summed E-state index contributed by atoms with van der Waals surface area (Å²) in [5, 5.41) is 12.1. The molecule has 0 aromatic heterocycles. The van der Waals surface area contributed by atoms with Crippen LogP contribution in [0.15, 0.2) is 42.0 Å². The first-order chi connectivity index (χ1) is 14.3. The van der Waals surface area contributed by atoms with Crippen LogP contribution in [0, 0.1) is 28.6 Å². The molecule has 4 aliphatic rings. The third kappa shape index (κ3) is 2.78. The van der Waals surface area contributed by atoms with Gasteiger partial charge in [0.2, 0.25) is 5.91 Å². The lowest BCUT2D eigenvalue weighted by molar-refractivity contribution is -0.140. The number of nitrogens with zero attached hydrogens (tertiary/aromatic N) is 1. The number of hydrogen-bond donors (Lipinski definition) is 1. The van der Waals surface area contributed by atoms with E-state index in [0.29, 0.717) is 23.8 Å². The highest BCUT2D eigenvalue weighted by Crippen LogP contribution is 2.65. The maximum atomic E-state index is 12.3. The van der Waals surface area contributed by atoms with Gasteiger partial charge in [0.15, 0.2) is 0 Å². The summed E-state index contributed by atoms with van der Waals surface area (Å²) >= 11 is 6.40. The van der Waals surface area contributed by atoms with Crippen LogP contribution in [0.1, 0.15) is 51.5 Å². The van der Waals surface area contributed by atoms with Gasteiger partial charge in [0, 0.05) is 28.9 Å². The van der Waals surface area contributed by atoms with Crippen molar-refractivity contribution in [3.05, 3.63) is 52.6 Å². The van der Waals surface area contributed by atoms with Crippen LogP contribution in [0.4, 0.5) is 0 Å². The highest BCUT2D eigenvalue weighted by Gasteiger charge is 2.61. The van der Waals surface area contributed by atoms with Crippen molar-refractivity contribution in [1.82, 2.24) is 4.90 Å². The molecule has 3 fully saturated rings. The summed E-state index contributed by atoms with van der Waals surface area (Å²) in [4.78, 5) is 14.2. The molecule has 0 radical (unpaired) electrons. The molecule has 160 valence electrons. The smallest absolute Gasteiger partial charge is 0.246 e. The molecular weight excluding hydrogens is 394 g/mol. The molecule has 3 nitrogen and oxygen atoms in total. The Kier molecular flexibility index (Phi) is 4.72. The van der Waals surface area contributed by atoms with Crippen LogP contribution in [0.5, 0.6) is 0 Å². The summed E-state index contributed by atoms with van der Waals surface area (Å²) in [5.74, 6) is 1.77. The van der Waals surface area contributed by atoms with Crippen LogP contribution in [-0.2, 0) is 4.79 Å². The summed E-state index contributed by atoms with van der Waals surface area (Å²) in [6.07, 6.45) is 11.0. The number of benzene rings is 1. The van der Waals surface area contributed by atoms with Crippen LogP contribution < -0.4 is 0 Å². The quantitative estimate of drug-likeness (QED) is 0.660. The second-order valence-electron chi connectivity index (χ2n) is 10.5. The highest BCUT2D eigenvalue weighted by atomic mass is 35.5. The maximum Gasteiger partial charge on any atom is 0.246 e. The summed E-state index contributed by atoms with van der Waals surface area (Å²) in [6.45, 7) is 4.66. The van der Waals surface area contributed by atoms with Gasteiger partial charge >= 0.3 is 0 Å². The largest absolute Gasteiger partial charge is 0.388 e. The third-order valence-electron chi connectivity index (χ3n) is 9.24. The molecule has 1 amide bonds. The van der Waals surface area contributed by atoms with E-state index < -0.39 is 6.10 Å². The van der Waals surface area contributed by atoms with E-state index >= 15 is 0 Å². The maximum absolute atomic E-state index is 12.3. The number of carbonyl (C=O) groups is 1. The van der Waals surface area contributed by atoms with Gasteiger partial charge in [-0.3, -0.25) is 4.79 Å². The monoisotopic (exact) mass is 425 g/mol. The number of likely N-dealkylation sites (N-methyl/N-ethyl adjacent to an activating group) is 1. The van der Waals surface area contributed by atoms with Gasteiger partial charge in [-0.2, -0.15) is 0 Å². The van der Waals surface area contributed by atoms with Crippen molar-refractivity contribution in [2.75, 3.05) is 7.05 Å². The van der Waals surface area contributed by atoms with Gasteiger partial charge in [0.05, 0.1) is 6.10 Å². The molecule has 1 aromatic carbocycles. The van der Waals surface area contributed by atoms with Crippen molar-refractivity contribution in [2.24, 2.45) is 28.6 Å². The zero-order chi connectivity index (χ0) is 21.3. The van der Waals surface area contributed by atoms with Crippen LogP contribution in [0.25, 0.3) is 6.08 Å². The van der Waals surface area contributed by atoms with Crippen molar-refractivity contribution in [2.45, 2.75) is 58.1 Å². The molecule has 7 atom stereocenters. The molecule has 0 spiro atoms. The fourth-order valence-electron chi connectivity index (χ4n) is 7.53. The standard InChI is InChI=1S/C26H32ClNO2/c1-25-13-11-23(29)28(3)22(25)9-8-18-19(25)10-12-26(2)20(18)15-17(24(26)30)14-16-6-4-5-7-21(16)27/h4-7,11,13-14,18-20,22,24,30H,8-10,12,15H2,1-3H3/b17-14-/t18-,19+,20+,22-,24+,25-,26+/m1/s1. The Hall–Kier alpha value is -1.58.